The quantitative estimate of drug-likeness (QED) is 0.0481. The average molecular weight is 941 g/mol. The van der Waals surface area contributed by atoms with Crippen molar-refractivity contribution in [1.82, 2.24) is 15.2 Å². The second-order valence-electron chi connectivity index (χ2n) is 18.1. The summed E-state index contributed by atoms with van der Waals surface area (Å²) in [7, 11) is 1.46. The summed E-state index contributed by atoms with van der Waals surface area (Å²) >= 11 is 0. The number of carbonyl (C=O) groups is 3. The van der Waals surface area contributed by atoms with Crippen molar-refractivity contribution < 1.29 is 62.2 Å². The minimum atomic E-state index is -2.03. The molecule has 7 bridgehead atoms. The molecular formula is C50H60N4O14. The van der Waals surface area contributed by atoms with Gasteiger partial charge in [0.15, 0.2) is 11.3 Å². The molecule has 1 aliphatic carbocycles. The number of amides is 1. The molecule has 9 rings (SSSR count). The molecular weight excluding hydrogens is 881 g/mol. The minimum absolute atomic E-state index is 0.00927. The van der Waals surface area contributed by atoms with Gasteiger partial charge in [-0.1, -0.05) is 39.0 Å². The highest BCUT2D eigenvalue weighted by Crippen LogP contribution is 2.50. The summed E-state index contributed by atoms with van der Waals surface area (Å²) in [4.78, 5) is 63.3. The number of fused-ring (bicyclic) bond motifs is 9. The van der Waals surface area contributed by atoms with Gasteiger partial charge in [-0.2, -0.15) is 0 Å². The topological polar surface area (TPSA) is 226 Å². The molecule has 68 heavy (non-hydrogen) atoms. The molecule has 0 unspecified atom stereocenters. The fraction of sp³-hybridized carbons (Fsp3) is 0.500. The van der Waals surface area contributed by atoms with Gasteiger partial charge in [0.05, 0.1) is 48.7 Å². The first kappa shape index (κ1) is 48.6. The van der Waals surface area contributed by atoms with Crippen LogP contribution in [0.5, 0.6) is 17.2 Å². The lowest BCUT2D eigenvalue weighted by atomic mass is 9.86. The summed E-state index contributed by atoms with van der Waals surface area (Å²) < 4.78 is 48.6. The zero-order chi connectivity index (χ0) is 48.6. The molecule has 7 aliphatic rings. The highest BCUT2D eigenvalue weighted by atomic mass is 16.7. The van der Waals surface area contributed by atoms with Gasteiger partial charge in [0.1, 0.15) is 53.0 Å². The second kappa shape index (κ2) is 20.0. The number of aromatic nitrogens is 1. The minimum Gasteiger partial charge on any atom is -0.507 e. The Morgan fingerprint density at radius 3 is 2.53 bits per heavy atom. The normalized spacial score (nSPS) is 29.2. The number of rotatable bonds is 12. The lowest BCUT2D eigenvalue weighted by Gasteiger charge is -2.33. The third-order valence-corrected chi connectivity index (χ3v) is 13.2. The Balaban J connectivity index is 1.20. The molecule has 4 N–H and O–H groups in total. The Morgan fingerprint density at radius 2 is 1.79 bits per heavy atom. The number of methoxy groups -OCH3 is 1. The van der Waals surface area contributed by atoms with Gasteiger partial charge in [0.25, 0.3) is 11.7 Å². The number of aromatic hydroxyl groups is 1. The number of allylic oxidation sites excluding steroid dienone is 2. The van der Waals surface area contributed by atoms with Crippen LogP contribution in [0, 0.1) is 24.7 Å². The summed E-state index contributed by atoms with van der Waals surface area (Å²) in [5.41, 5.74) is -0.458. The van der Waals surface area contributed by atoms with Crippen LogP contribution in [-0.2, 0) is 33.3 Å². The standard InChI is InChI=1S/C50H60N4O14/c1-25-10-9-11-26(2)49(60)53-39-42(58)36-35(38-46(39)66-34-24-31(12-13-32(34)52-38)63-22-16-51-15-21-62-23-19-54-17-18-54)37-44(28(4)40(36)56)68-50(7,48(37)59)64-20-14-33(61-8)27(3)45(65-30(6)55)47-41(57)29(5)43(25)67-47/h9-14,20,24-25,27,29,33,41,43,45,47,51,56-57H,15-19,21-23H2,1-8H3,(H,53,60)/b10-9+,20-14+,26-11-/t25-,27+,29-,33-,41+,43-,45+,47+,50-/m0/s1. The van der Waals surface area contributed by atoms with E-state index in [9.17, 15) is 29.4 Å². The first-order chi connectivity index (χ1) is 32.5. The fourth-order valence-corrected chi connectivity index (χ4v) is 9.15. The van der Waals surface area contributed by atoms with Gasteiger partial charge in [0.2, 0.25) is 5.43 Å². The maximum Gasteiger partial charge on any atom is 0.312 e. The van der Waals surface area contributed by atoms with Gasteiger partial charge >= 0.3 is 11.8 Å². The fourth-order valence-electron chi connectivity index (χ4n) is 9.15. The van der Waals surface area contributed by atoms with E-state index in [4.69, 9.17) is 42.6 Å². The van der Waals surface area contributed by atoms with E-state index in [0.29, 0.717) is 44.2 Å². The van der Waals surface area contributed by atoms with Crippen molar-refractivity contribution in [3.8, 4) is 28.7 Å². The van der Waals surface area contributed by atoms with Crippen LogP contribution in [-0.4, -0.2) is 134 Å². The summed E-state index contributed by atoms with van der Waals surface area (Å²) in [5, 5.41) is 29.0. The number of hydrogen-bond acceptors (Lipinski definition) is 17. The Labute approximate surface area is 393 Å². The van der Waals surface area contributed by atoms with Crippen molar-refractivity contribution in [3.63, 3.8) is 0 Å². The Hall–Kier alpha value is -5.89. The SMILES string of the molecule is CO[C@H]1/C=C/O[C@@]2(C)Oc3c(C)c(O)c4c(=O)c(c5oc6cc(OCCNCCOCCN7CC7)ccc6nc-5c4c3C2=O)NC(=O)/C(C)=C\C=C\[C@H](C)[C@@H]2O[C@H]([C@H](O)[C@@H]2C)[C@H](OC(C)=O)[C@@H]1C. The zero-order valence-corrected chi connectivity index (χ0v) is 39.6. The smallest absolute Gasteiger partial charge is 0.312 e. The Kier molecular flexibility index (Phi) is 14.3. The highest BCUT2D eigenvalue weighted by molar-refractivity contribution is 6.22. The van der Waals surface area contributed by atoms with Crippen molar-refractivity contribution in [2.75, 3.05) is 65.0 Å². The van der Waals surface area contributed by atoms with E-state index < -0.39 is 77.0 Å². The van der Waals surface area contributed by atoms with E-state index in [1.165, 1.54) is 40.2 Å². The molecule has 9 atom stereocenters. The number of anilines is 1. The third-order valence-electron chi connectivity index (χ3n) is 13.2. The van der Waals surface area contributed by atoms with Crippen LogP contribution in [0.4, 0.5) is 5.69 Å². The van der Waals surface area contributed by atoms with Gasteiger partial charge in [-0.3, -0.25) is 24.1 Å². The van der Waals surface area contributed by atoms with Crippen LogP contribution in [0.25, 0.3) is 33.3 Å². The molecule has 6 aliphatic heterocycles. The lowest BCUT2D eigenvalue weighted by molar-refractivity contribution is -0.168. The van der Waals surface area contributed by atoms with Crippen LogP contribution in [0.2, 0.25) is 0 Å². The number of nitrogens with one attached hydrogen (secondary N) is 2. The molecule has 364 valence electrons. The molecule has 0 spiro atoms. The van der Waals surface area contributed by atoms with Crippen LogP contribution in [0.15, 0.2) is 63.6 Å². The summed E-state index contributed by atoms with van der Waals surface area (Å²) in [6, 6.07) is 5.00. The lowest BCUT2D eigenvalue weighted by Crippen LogP contribution is -2.46. The molecule has 2 aromatic rings. The van der Waals surface area contributed by atoms with E-state index in [-0.39, 0.29) is 61.9 Å². The molecule has 2 saturated heterocycles. The van der Waals surface area contributed by atoms with Crippen molar-refractivity contribution in [1.29, 1.82) is 0 Å². The van der Waals surface area contributed by atoms with E-state index >= 15 is 0 Å². The largest absolute Gasteiger partial charge is 0.507 e. The maximum absolute atomic E-state index is 14.8. The number of hydrogen-bond donors (Lipinski definition) is 4. The van der Waals surface area contributed by atoms with E-state index in [2.05, 4.69) is 15.5 Å². The molecule has 18 nitrogen and oxygen atoms in total. The molecule has 2 fully saturated rings. The molecule has 18 heteroatoms. The molecule has 6 heterocycles. The highest BCUT2D eigenvalue weighted by Gasteiger charge is 2.51. The Morgan fingerprint density at radius 1 is 1.03 bits per heavy atom. The summed E-state index contributed by atoms with van der Waals surface area (Å²) in [6.45, 7) is 17.3. The number of ketones is 1. The predicted octanol–water partition coefficient (Wildman–Crippen LogP) is 5.02. The van der Waals surface area contributed by atoms with Gasteiger partial charge in [-0.25, -0.2) is 4.98 Å². The van der Waals surface area contributed by atoms with Gasteiger partial charge in [-0.05, 0) is 32.1 Å². The maximum atomic E-state index is 14.8. The van der Waals surface area contributed by atoms with E-state index in [1.807, 2.05) is 19.9 Å². The van der Waals surface area contributed by atoms with Gasteiger partial charge < -0.3 is 58.4 Å². The van der Waals surface area contributed by atoms with Crippen molar-refractivity contribution in [2.45, 2.75) is 84.8 Å². The first-order valence-corrected chi connectivity index (χ1v) is 23.0. The van der Waals surface area contributed by atoms with Gasteiger partial charge in [0, 0.05) is 94.0 Å². The first-order valence-electron chi connectivity index (χ1n) is 23.0. The summed E-state index contributed by atoms with van der Waals surface area (Å²) in [6.07, 6.45) is 3.59. The molecule has 1 amide bonds. The van der Waals surface area contributed by atoms with Crippen LogP contribution >= 0.6 is 0 Å². The van der Waals surface area contributed by atoms with Crippen molar-refractivity contribution in [2.24, 2.45) is 17.8 Å². The number of esters is 1. The second-order valence-corrected chi connectivity index (χ2v) is 18.1. The van der Waals surface area contributed by atoms with Crippen LogP contribution in [0.1, 0.15) is 57.5 Å². The van der Waals surface area contributed by atoms with E-state index in [0.717, 1.165) is 19.6 Å². The number of nitrogens with zero attached hydrogens (tertiary/aromatic N) is 2. The monoisotopic (exact) mass is 940 g/mol. The number of aliphatic hydroxyl groups excluding tert-OH is 1. The number of phenolic OH excluding ortho intramolecular Hbond substituents is 1. The molecule has 0 radical (unpaired) electrons. The van der Waals surface area contributed by atoms with Gasteiger partial charge in [-0.15, -0.1) is 0 Å². The predicted molar refractivity (Wildman–Crippen MR) is 250 cm³/mol. The number of ether oxygens (including phenoxy) is 7. The third kappa shape index (κ3) is 9.57. The summed E-state index contributed by atoms with van der Waals surface area (Å²) in [5.74, 6) is -5.53. The van der Waals surface area contributed by atoms with Crippen molar-refractivity contribution >= 4 is 45.2 Å². The van der Waals surface area contributed by atoms with Crippen molar-refractivity contribution in [3.05, 3.63) is 75.7 Å². The average Bonchev–Trinajstić information content (AvgIpc) is 4.04. The van der Waals surface area contributed by atoms with Crippen LogP contribution in [0.3, 0.4) is 0 Å². The number of Topliss-reactive ketones (excluding diaryl/α,β-unsaturated/α-hetero) is 1. The Bertz CT molecular complexity index is 2710. The van der Waals surface area contributed by atoms with E-state index in [1.54, 1.807) is 44.2 Å². The molecule has 2 aromatic carbocycles. The molecule has 0 saturated carbocycles. The van der Waals surface area contributed by atoms with Crippen LogP contribution < -0.4 is 25.5 Å². The number of carbonyl (C=O) groups excluding carboxylic acids is 3. The zero-order valence-electron chi connectivity index (χ0n) is 39.6. The number of phenols is 1. The molecule has 0 aromatic heterocycles. The number of benzene rings is 3. The number of aliphatic hydroxyl groups is 1.